The molecule has 3 rings (SSSR count). The lowest BCUT2D eigenvalue weighted by atomic mass is 9.97. The molecule has 0 fully saturated rings. The first kappa shape index (κ1) is 18.8. The molecule has 5 nitrogen and oxygen atoms in total. The SMILES string of the molecule is CCc1ccc([C@H]2CC(c3ccccc3)=NN2C(=O)CCCC(=O)[O-])cc1. The van der Waals surface area contributed by atoms with Gasteiger partial charge in [0.2, 0.25) is 5.91 Å². The van der Waals surface area contributed by atoms with Crippen LogP contribution in [0.3, 0.4) is 0 Å². The highest BCUT2D eigenvalue weighted by Gasteiger charge is 2.32. The van der Waals surface area contributed by atoms with Crippen LogP contribution in [0.25, 0.3) is 0 Å². The summed E-state index contributed by atoms with van der Waals surface area (Å²) in [5, 5.41) is 16.7. The van der Waals surface area contributed by atoms with Gasteiger partial charge in [-0.25, -0.2) is 5.01 Å². The molecule has 0 radical (unpaired) electrons. The maximum absolute atomic E-state index is 12.7. The van der Waals surface area contributed by atoms with Crippen molar-refractivity contribution in [1.29, 1.82) is 0 Å². The molecule has 0 bridgehead atoms. The summed E-state index contributed by atoms with van der Waals surface area (Å²) in [7, 11) is 0. The Balaban J connectivity index is 1.83. The maximum Gasteiger partial charge on any atom is 0.243 e. The molecular formula is C22H23N2O3-. The summed E-state index contributed by atoms with van der Waals surface area (Å²) in [6, 6.07) is 17.9. The van der Waals surface area contributed by atoms with E-state index in [9.17, 15) is 14.7 Å². The van der Waals surface area contributed by atoms with Gasteiger partial charge in [-0.1, -0.05) is 61.5 Å². The fourth-order valence-electron chi connectivity index (χ4n) is 3.28. The molecule has 5 heteroatoms. The molecule has 0 N–H and O–H groups in total. The van der Waals surface area contributed by atoms with Gasteiger partial charge in [0.1, 0.15) is 0 Å². The highest BCUT2D eigenvalue weighted by atomic mass is 16.4. The predicted octanol–water partition coefficient (Wildman–Crippen LogP) is 2.85. The zero-order chi connectivity index (χ0) is 19.2. The van der Waals surface area contributed by atoms with Crippen molar-refractivity contribution in [2.24, 2.45) is 5.10 Å². The Hall–Kier alpha value is -2.95. The van der Waals surface area contributed by atoms with Gasteiger partial charge in [-0.15, -0.1) is 0 Å². The molecule has 27 heavy (non-hydrogen) atoms. The minimum Gasteiger partial charge on any atom is -0.550 e. The Kier molecular flexibility index (Phi) is 6.01. The molecule has 0 saturated heterocycles. The smallest absolute Gasteiger partial charge is 0.243 e. The van der Waals surface area contributed by atoms with Crippen molar-refractivity contribution in [2.45, 2.75) is 45.1 Å². The minimum absolute atomic E-state index is 0.120. The van der Waals surface area contributed by atoms with Crippen LogP contribution in [0.1, 0.15) is 55.3 Å². The number of aliphatic carboxylic acids is 1. The van der Waals surface area contributed by atoms with Crippen LogP contribution in [0.2, 0.25) is 0 Å². The van der Waals surface area contributed by atoms with Crippen LogP contribution in [0.4, 0.5) is 0 Å². The van der Waals surface area contributed by atoms with Crippen molar-refractivity contribution in [1.82, 2.24) is 5.01 Å². The van der Waals surface area contributed by atoms with Crippen molar-refractivity contribution in [3.05, 3.63) is 71.3 Å². The quantitative estimate of drug-likeness (QED) is 0.759. The van der Waals surface area contributed by atoms with Gasteiger partial charge in [-0.05, 0) is 36.0 Å². The number of benzene rings is 2. The molecule has 1 aliphatic rings. The Labute approximate surface area is 159 Å². The first-order chi connectivity index (χ1) is 13.1. The summed E-state index contributed by atoms with van der Waals surface area (Å²) in [6.07, 6.45) is 1.88. The average molecular weight is 363 g/mol. The van der Waals surface area contributed by atoms with E-state index in [1.54, 1.807) is 0 Å². The number of carbonyl (C=O) groups excluding carboxylic acids is 2. The van der Waals surface area contributed by atoms with E-state index in [0.717, 1.165) is 23.3 Å². The van der Waals surface area contributed by atoms with Crippen LogP contribution >= 0.6 is 0 Å². The van der Waals surface area contributed by atoms with Gasteiger partial charge in [0, 0.05) is 18.8 Å². The Morgan fingerprint density at radius 3 is 2.41 bits per heavy atom. The standard InChI is InChI=1S/C22H24N2O3/c1-2-16-11-13-18(14-12-16)20-15-19(17-7-4-3-5-8-17)23-24(20)21(25)9-6-10-22(26)27/h3-5,7-8,11-14,20H,2,6,9-10,15H2,1H3,(H,26,27)/p-1/t20-/m1/s1. The maximum atomic E-state index is 12.7. The molecule has 0 aliphatic carbocycles. The first-order valence-electron chi connectivity index (χ1n) is 9.32. The van der Waals surface area contributed by atoms with Crippen molar-refractivity contribution < 1.29 is 14.7 Å². The Morgan fingerprint density at radius 2 is 1.78 bits per heavy atom. The third-order valence-corrected chi connectivity index (χ3v) is 4.82. The van der Waals surface area contributed by atoms with Gasteiger partial charge >= 0.3 is 0 Å². The van der Waals surface area contributed by atoms with Gasteiger partial charge in [0.05, 0.1) is 11.8 Å². The van der Waals surface area contributed by atoms with Crippen LogP contribution in [0.15, 0.2) is 59.7 Å². The second kappa shape index (κ2) is 8.62. The average Bonchev–Trinajstić information content (AvgIpc) is 3.14. The topological polar surface area (TPSA) is 72.8 Å². The van der Waals surface area contributed by atoms with Gasteiger partial charge in [0.15, 0.2) is 0 Å². The summed E-state index contributed by atoms with van der Waals surface area (Å²) in [4.78, 5) is 23.3. The number of hydrogen-bond acceptors (Lipinski definition) is 4. The highest BCUT2D eigenvalue weighted by Crippen LogP contribution is 2.33. The molecule has 2 aromatic rings. The van der Waals surface area contributed by atoms with Gasteiger partial charge in [-0.3, -0.25) is 4.79 Å². The third-order valence-electron chi connectivity index (χ3n) is 4.82. The summed E-state index contributed by atoms with van der Waals surface area (Å²) >= 11 is 0. The van der Waals surface area contributed by atoms with E-state index in [2.05, 4.69) is 36.3 Å². The predicted molar refractivity (Wildman–Crippen MR) is 102 cm³/mol. The minimum atomic E-state index is -1.13. The molecule has 2 aromatic carbocycles. The molecule has 0 unspecified atom stereocenters. The zero-order valence-corrected chi connectivity index (χ0v) is 15.4. The fraction of sp³-hybridized carbons (Fsp3) is 0.318. The van der Waals surface area contributed by atoms with E-state index in [4.69, 9.17) is 0 Å². The fourth-order valence-corrected chi connectivity index (χ4v) is 3.28. The molecular weight excluding hydrogens is 340 g/mol. The van der Waals surface area contributed by atoms with E-state index in [0.29, 0.717) is 6.42 Å². The van der Waals surface area contributed by atoms with E-state index in [-0.39, 0.29) is 31.2 Å². The van der Waals surface area contributed by atoms with Crippen LogP contribution in [0.5, 0.6) is 0 Å². The van der Waals surface area contributed by atoms with E-state index in [1.807, 2.05) is 30.3 Å². The molecule has 1 amide bonds. The second-order valence-corrected chi connectivity index (χ2v) is 6.69. The summed E-state index contributed by atoms with van der Waals surface area (Å²) < 4.78 is 0. The lowest BCUT2D eigenvalue weighted by Crippen LogP contribution is -2.28. The lowest BCUT2D eigenvalue weighted by Gasteiger charge is -2.22. The molecule has 0 saturated carbocycles. The number of carboxylic acid groups (broad SMARTS) is 1. The number of nitrogens with zero attached hydrogens (tertiary/aromatic N) is 2. The molecule has 1 heterocycles. The number of amides is 1. The second-order valence-electron chi connectivity index (χ2n) is 6.69. The number of carbonyl (C=O) groups is 2. The molecule has 1 aliphatic heterocycles. The van der Waals surface area contributed by atoms with Crippen LogP contribution in [0, 0.1) is 0 Å². The van der Waals surface area contributed by atoms with E-state index < -0.39 is 5.97 Å². The van der Waals surface area contributed by atoms with E-state index >= 15 is 0 Å². The highest BCUT2D eigenvalue weighted by molar-refractivity contribution is 6.03. The Morgan fingerprint density at radius 1 is 1.07 bits per heavy atom. The van der Waals surface area contributed by atoms with Crippen LogP contribution in [-0.4, -0.2) is 22.6 Å². The first-order valence-corrected chi connectivity index (χ1v) is 9.32. The van der Waals surface area contributed by atoms with Crippen molar-refractivity contribution in [3.8, 4) is 0 Å². The van der Waals surface area contributed by atoms with Crippen LogP contribution in [-0.2, 0) is 16.0 Å². The van der Waals surface area contributed by atoms with Crippen molar-refractivity contribution in [2.75, 3.05) is 0 Å². The largest absolute Gasteiger partial charge is 0.550 e. The molecule has 0 aromatic heterocycles. The third kappa shape index (κ3) is 4.61. The zero-order valence-electron chi connectivity index (χ0n) is 15.4. The normalized spacial score (nSPS) is 16.3. The van der Waals surface area contributed by atoms with Gasteiger partial charge in [-0.2, -0.15) is 5.10 Å². The van der Waals surface area contributed by atoms with Crippen LogP contribution < -0.4 is 5.11 Å². The summed E-state index contributed by atoms with van der Waals surface area (Å²) in [6.45, 7) is 2.11. The molecule has 1 atom stereocenters. The number of hydrogen-bond donors (Lipinski definition) is 0. The summed E-state index contributed by atoms with van der Waals surface area (Å²) in [5.41, 5.74) is 4.15. The Bertz CT molecular complexity index is 828. The number of hydrazone groups is 1. The van der Waals surface area contributed by atoms with Crippen molar-refractivity contribution >= 4 is 17.6 Å². The monoisotopic (exact) mass is 363 g/mol. The van der Waals surface area contributed by atoms with Crippen molar-refractivity contribution in [3.63, 3.8) is 0 Å². The van der Waals surface area contributed by atoms with Gasteiger partial charge < -0.3 is 9.90 Å². The number of aryl methyl sites for hydroxylation is 1. The summed E-state index contributed by atoms with van der Waals surface area (Å²) in [5.74, 6) is -1.30. The lowest BCUT2D eigenvalue weighted by molar-refractivity contribution is -0.305. The van der Waals surface area contributed by atoms with Gasteiger partial charge in [0.25, 0.3) is 0 Å². The van der Waals surface area contributed by atoms with E-state index in [1.165, 1.54) is 10.6 Å². The molecule has 140 valence electrons. The molecule has 0 spiro atoms. The number of rotatable bonds is 7. The number of carboxylic acids is 1.